The highest BCUT2D eigenvalue weighted by Gasteiger charge is 2.19. The summed E-state index contributed by atoms with van der Waals surface area (Å²) in [7, 11) is 0. The van der Waals surface area contributed by atoms with Crippen molar-refractivity contribution in [1.29, 1.82) is 0 Å². The smallest absolute Gasteiger partial charge is 0.306 e. The maximum atomic E-state index is 12.8. The minimum Gasteiger partial charge on any atom is -0.462 e. The van der Waals surface area contributed by atoms with E-state index in [1.54, 1.807) is 0 Å². The van der Waals surface area contributed by atoms with Gasteiger partial charge in [0.25, 0.3) is 0 Å². The monoisotopic (exact) mass is 1080 g/mol. The molecule has 0 aliphatic heterocycles. The number of hydrogen-bond acceptors (Lipinski definition) is 6. The number of allylic oxidation sites excluding steroid dienone is 18. The molecular weight excluding hydrogens is 961 g/mol. The van der Waals surface area contributed by atoms with Crippen molar-refractivity contribution in [2.75, 3.05) is 13.2 Å². The van der Waals surface area contributed by atoms with Crippen molar-refractivity contribution in [3.63, 3.8) is 0 Å². The van der Waals surface area contributed by atoms with Crippen LogP contribution < -0.4 is 0 Å². The Morgan fingerprint density at radius 2 is 0.500 bits per heavy atom. The van der Waals surface area contributed by atoms with Gasteiger partial charge in [-0.05, 0) is 109 Å². The molecule has 78 heavy (non-hydrogen) atoms. The number of ether oxygens (including phenoxy) is 3. The van der Waals surface area contributed by atoms with E-state index in [1.165, 1.54) is 161 Å². The molecule has 0 rings (SSSR count). The van der Waals surface area contributed by atoms with E-state index in [0.29, 0.717) is 19.3 Å². The molecular formula is C72H122O6. The van der Waals surface area contributed by atoms with Crippen LogP contribution in [0.2, 0.25) is 0 Å². The molecule has 0 fully saturated rings. The minimum absolute atomic E-state index is 0.0777. The number of hydrogen-bond donors (Lipinski definition) is 0. The van der Waals surface area contributed by atoms with Crippen molar-refractivity contribution in [2.45, 2.75) is 316 Å². The van der Waals surface area contributed by atoms with Gasteiger partial charge in [0.05, 0.1) is 0 Å². The van der Waals surface area contributed by atoms with Gasteiger partial charge >= 0.3 is 17.9 Å². The number of carbonyl (C=O) groups is 3. The van der Waals surface area contributed by atoms with E-state index >= 15 is 0 Å². The van der Waals surface area contributed by atoms with Gasteiger partial charge in [0, 0.05) is 19.3 Å². The fraction of sp³-hybridized carbons (Fsp3) is 0.708. The molecule has 0 saturated carbocycles. The van der Waals surface area contributed by atoms with Gasteiger partial charge < -0.3 is 14.2 Å². The van der Waals surface area contributed by atoms with E-state index in [1.807, 2.05) is 0 Å². The summed E-state index contributed by atoms with van der Waals surface area (Å²) in [5, 5.41) is 0. The zero-order chi connectivity index (χ0) is 56.4. The maximum Gasteiger partial charge on any atom is 0.306 e. The van der Waals surface area contributed by atoms with E-state index in [4.69, 9.17) is 14.2 Å². The molecule has 0 bridgehead atoms. The Hall–Kier alpha value is -3.93. The molecule has 0 aliphatic rings. The van der Waals surface area contributed by atoms with Gasteiger partial charge in [0.1, 0.15) is 13.2 Å². The van der Waals surface area contributed by atoms with Crippen LogP contribution in [-0.2, 0) is 28.6 Å². The molecule has 6 nitrogen and oxygen atoms in total. The third-order valence-electron chi connectivity index (χ3n) is 14.0. The van der Waals surface area contributed by atoms with Crippen molar-refractivity contribution in [2.24, 2.45) is 0 Å². The van der Waals surface area contributed by atoms with E-state index in [0.717, 1.165) is 109 Å². The zero-order valence-corrected chi connectivity index (χ0v) is 51.2. The molecule has 6 heteroatoms. The van der Waals surface area contributed by atoms with Crippen molar-refractivity contribution in [3.05, 3.63) is 109 Å². The first kappa shape index (κ1) is 74.1. The predicted molar refractivity (Wildman–Crippen MR) is 339 cm³/mol. The van der Waals surface area contributed by atoms with Gasteiger partial charge in [-0.25, -0.2) is 0 Å². The lowest BCUT2D eigenvalue weighted by Crippen LogP contribution is -2.30. The Morgan fingerprint density at radius 1 is 0.269 bits per heavy atom. The summed E-state index contributed by atoms with van der Waals surface area (Å²) in [6, 6.07) is 0. The van der Waals surface area contributed by atoms with Gasteiger partial charge in [-0.1, -0.05) is 291 Å². The number of esters is 3. The van der Waals surface area contributed by atoms with Crippen LogP contribution in [0.15, 0.2) is 109 Å². The van der Waals surface area contributed by atoms with Gasteiger partial charge in [-0.2, -0.15) is 0 Å². The Kier molecular flexibility index (Phi) is 62.3. The normalized spacial score (nSPS) is 12.8. The second-order valence-electron chi connectivity index (χ2n) is 21.6. The highest BCUT2D eigenvalue weighted by Crippen LogP contribution is 2.16. The summed E-state index contributed by atoms with van der Waals surface area (Å²) >= 11 is 0. The molecule has 0 aromatic heterocycles. The van der Waals surface area contributed by atoms with Crippen LogP contribution in [0.3, 0.4) is 0 Å². The van der Waals surface area contributed by atoms with E-state index in [9.17, 15) is 14.4 Å². The molecule has 446 valence electrons. The Balaban J connectivity index is 4.03. The van der Waals surface area contributed by atoms with Gasteiger partial charge in [0.15, 0.2) is 6.10 Å². The minimum atomic E-state index is -0.777. The third kappa shape index (κ3) is 62.9. The predicted octanol–water partition coefficient (Wildman–Crippen LogP) is 22.6. The molecule has 0 aromatic carbocycles. The maximum absolute atomic E-state index is 12.8. The largest absolute Gasteiger partial charge is 0.462 e. The van der Waals surface area contributed by atoms with Crippen molar-refractivity contribution in [3.8, 4) is 0 Å². The number of rotatable bonds is 59. The van der Waals surface area contributed by atoms with Gasteiger partial charge in [-0.3, -0.25) is 14.4 Å². The molecule has 0 saturated heterocycles. The summed E-state index contributed by atoms with van der Waals surface area (Å²) in [5.74, 6) is -0.885. The molecule has 1 unspecified atom stereocenters. The Labute approximate surface area is 482 Å². The summed E-state index contributed by atoms with van der Waals surface area (Å²) in [5.41, 5.74) is 0. The van der Waals surface area contributed by atoms with E-state index in [2.05, 4.69) is 130 Å². The summed E-state index contributed by atoms with van der Waals surface area (Å²) in [6.07, 6.45) is 89.9. The standard InChI is InChI=1S/C72H122O6/c1-4-7-10-13-16-18-20-22-24-26-28-29-30-31-32-33-34-35-36-37-38-39-40-41-42-43-45-46-48-50-52-54-56-59-62-65-71(74)77-68-69(67-76-70(73)64-61-58-15-12-9-6-3)78-72(75)66-63-60-57-55-53-51-49-47-44-27-25-23-21-19-17-14-11-8-5-2/h7,10,16-19,22-25,28-29,31-32,34-35,37-38,69H,4-6,8-9,11-15,20-21,26-27,30,33,36,39-68H2,1-3H3/b10-7-,18-16-,19-17-,24-22-,25-23-,29-28-,32-31-,35-34-,38-37-. The van der Waals surface area contributed by atoms with Crippen LogP contribution in [0.1, 0.15) is 310 Å². The first-order valence-corrected chi connectivity index (χ1v) is 32.9. The Bertz CT molecular complexity index is 1570. The molecule has 0 radical (unpaired) electrons. The fourth-order valence-electron chi connectivity index (χ4n) is 9.10. The molecule has 0 amide bonds. The fourth-order valence-corrected chi connectivity index (χ4v) is 9.10. The van der Waals surface area contributed by atoms with Crippen LogP contribution in [-0.4, -0.2) is 37.2 Å². The lowest BCUT2D eigenvalue weighted by Gasteiger charge is -2.18. The van der Waals surface area contributed by atoms with Crippen molar-refractivity contribution >= 4 is 17.9 Å². The van der Waals surface area contributed by atoms with Crippen LogP contribution >= 0.6 is 0 Å². The first-order valence-electron chi connectivity index (χ1n) is 32.9. The molecule has 0 aliphatic carbocycles. The molecule has 0 aromatic rings. The Morgan fingerprint density at radius 3 is 0.808 bits per heavy atom. The van der Waals surface area contributed by atoms with Crippen LogP contribution in [0.4, 0.5) is 0 Å². The lowest BCUT2D eigenvalue weighted by atomic mass is 10.0. The summed E-state index contributed by atoms with van der Waals surface area (Å²) < 4.78 is 16.8. The molecule has 0 spiro atoms. The second kappa shape index (κ2) is 65.6. The average molecular weight is 1080 g/mol. The SMILES string of the molecule is CC/C=C\C/C=C\C/C=C\C/C=C\C/C=C\C/C=C\C/C=C\CCCCCCCCCCCCCCCC(=O)OCC(COC(=O)CCCCCCCC)OC(=O)CCCCCCCCCCC/C=C\C/C=C\CCCCC. The van der Waals surface area contributed by atoms with Crippen LogP contribution in [0.5, 0.6) is 0 Å². The zero-order valence-electron chi connectivity index (χ0n) is 51.2. The average Bonchev–Trinajstić information content (AvgIpc) is 3.44. The highest BCUT2D eigenvalue weighted by molar-refractivity contribution is 5.71. The van der Waals surface area contributed by atoms with Gasteiger partial charge in [-0.15, -0.1) is 0 Å². The van der Waals surface area contributed by atoms with E-state index < -0.39 is 6.10 Å². The number of carbonyl (C=O) groups excluding carboxylic acids is 3. The molecule has 0 heterocycles. The van der Waals surface area contributed by atoms with Crippen molar-refractivity contribution < 1.29 is 28.6 Å². The third-order valence-corrected chi connectivity index (χ3v) is 14.0. The number of unbranched alkanes of at least 4 members (excludes halogenated alkanes) is 30. The van der Waals surface area contributed by atoms with Gasteiger partial charge in [0.2, 0.25) is 0 Å². The first-order chi connectivity index (χ1) is 38.5. The highest BCUT2D eigenvalue weighted by atomic mass is 16.6. The van der Waals surface area contributed by atoms with E-state index in [-0.39, 0.29) is 31.1 Å². The summed E-state index contributed by atoms with van der Waals surface area (Å²) in [4.78, 5) is 38.0. The van der Waals surface area contributed by atoms with Crippen LogP contribution in [0, 0.1) is 0 Å². The summed E-state index contributed by atoms with van der Waals surface area (Å²) in [6.45, 7) is 6.46. The second-order valence-corrected chi connectivity index (χ2v) is 21.6. The van der Waals surface area contributed by atoms with Crippen molar-refractivity contribution in [1.82, 2.24) is 0 Å². The molecule has 0 N–H and O–H groups in total. The molecule has 1 atom stereocenters. The lowest BCUT2D eigenvalue weighted by molar-refractivity contribution is -0.167. The van der Waals surface area contributed by atoms with Crippen LogP contribution in [0.25, 0.3) is 0 Å². The topological polar surface area (TPSA) is 78.9 Å². The quantitative estimate of drug-likeness (QED) is 0.0261.